The predicted molar refractivity (Wildman–Crippen MR) is 77.7 cm³/mol. The van der Waals surface area contributed by atoms with Gasteiger partial charge in [-0.05, 0) is 37.0 Å². The summed E-state index contributed by atoms with van der Waals surface area (Å²) >= 11 is 0. The number of nitrogens with one attached hydrogen (secondary N) is 1. The summed E-state index contributed by atoms with van der Waals surface area (Å²) in [7, 11) is 0. The maximum absolute atomic E-state index is 12.8. The number of halogens is 3. The van der Waals surface area contributed by atoms with Crippen molar-refractivity contribution in [2.75, 3.05) is 18.0 Å². The zero-order valence-electron chi connectivity index (χ0n) is 12.0. The molecule has 21 heavy (non-hydrogen) atoms. The fourth-order valence-corrected chi connectivity index (χ4v) is 2.82. The lowest BCUT2D eigenvalue weighted by atomic mass is 9.94. The zero-order chi connectivity index (χ0) is 15.6. The minimum Gasteiger partial charge on any atom is -0.384 e. The molecule has 0 radical (unpaired) electrons. The maximum Gasteiger partial charge on any atom is 0.416 e. The second-order valence-corrected chi connectivity index (χ2v) is 5.51. The fraction of sp³-hybridized carbons (Fsp3) is 0.533. The van der Waals surface area contributed by atoms with E-state index in [1.165, 1.54) is 6.07 Å². The minimum absolute atomic E-state index is 0.168. The van der Waals surface area contributed by atoms with Crippen LogP contribution in [-0.4, -0.2) is 18.9 Å². The molecule has 1 fully saturated rings. The lowest BCUT2D eigenvalue weighted by Gasteiger charge is -2.35. The third kappa shape index (κ3) is 3.49. The number of nitrogens with two attached hydrogens (primary N) is 1. The van der Waals surface area contributed by atoms with Gasteiger partial charge in [0.1, 0.15) is 5.84 Å². The molecule has 1 unspecified atom stereocenters. The number of nitrogens with zero attached hydrogens (tertiary/aromatic N) is 1. The largest absolute Gasteiger partial charge is 0.416 e. The van der Waals surface area contributed by atoms with E-state index in [1.807, 2.05) is 0 Å². The van der Waals surface area contributed by atoms with Gasteiger partial charge < -0.3 is 10.6 Å². The van der Waals surface area contributed by atoms with Crippen LogP contribution in [0.2, 0.25) is 0 Å². The lowest BCUT2D eigenvalue weighted by Crippen LogP contribution is -2.36. The molecule has 1 aromatic rings. The van der Waals surface area contributed by atoms with Gasteiger partial charge in [-0.25, -0.2) is 0 Å². The van der Waals surface area contributed by atoms with Crippen LogP contribution in [0.1, 0.15) is 37.3 Å². The summed E-state index contributed by atoms with van der Waals surface area (Å²) in [5.41, 5.74) is 5.53. The van der Waals surface area contributed by atoms with Gasteiger partial charge >= 0.3 is 6.18 Å². The summed E-state index contributed by atoms with van der Waals surface area (Å²) in [5.74, 6) is 0.218. The molecule has 0 aromatic heterocycles. The van der Waals surface area contributed by atoms with Gasteiger partial charge in [-0.15, -0.1) is 0 Å². The molecule has 0 amide bonds. The Labute approximate surface area is 122 Å². The second kappa shape index (κ2) is 5.95. The van der Waals surface area contributed by atoms with Crippen molar-refractivity contribution in [3.63, 3.8) is 0 Å². The Balaban J connectivity index is 2.37. The van der Waals surface area contributed by atoms with E-state index in [0.717, 1.165) is 44.5 Å². The predicted octanol–water partition coefficient (Wildman–Crippen LogP) is 3.62. The molecular weight excluding hydrogens is 279 g/mol. The van der Waals surface area contributed by atoms with Crippen LogP contribution < -0.4 is 10.6 Å². The number of rotatable bonds is 3. The van der Waals surface area contributed by atoms with Gasteiger partial charge in [0.05, 0.1) is 5.56 Å². The van der Waals surface area contributed by atoms with Crippen molar-refractivity contribution < 1.29 is 13.2 Å². The molecule has 2 rings (SSSR count). The summed E-state index contributed by atoms with van der Waals surface area (Å²) in [6.45, 7) is 3.72. The van der Waals surface area contributed by atoms with Gasteiger partial charge in [0, 0.05) is 24.3 Å². The van der Waals surface area contributed by atoms with Crippen LogP contribution in [0.15, 0.2) is 18.2 Å². The molecule has 0 saturated carbocycles. The molecule has 0 aliphatic carbocycles. The SMILES string of the molecule is CCC1CCCN(c2ccc(C(F)(F)F)cc2C(=N)N)C1. The van der Waals surface area contributed by atoms with Crippen molar-refractivity contribution >= 4 is 11.5 Å². The normalized spacial score (nSPS) is 19.6. The molecule has 1 aromatic carbocycles. The number of hydrogen-bond acceptors (Lipinski definition) is 2. The number of nitrogen functional groups attached to an aromatic ring is 1. The quantitative estimate of drug-likeness (QED) is 0.661. The van der Waals surface area contributed by atoms with Crippen LogP contribution in [0.4, 0.5) is 18.9 Å². The standard InChI is InChI=1S/C15H20F3N3/c1-2-10-4-3-7-21(9-10)13-6-5-11(15(16,17)18)8-12(13)14(19)20/h5-6,8,10H,2-4,7,9H2,1H3,(H3,19,20). The average Bonchev–Trinajstić information content (AvgIpc) is 2.45. The highest BCUT2D eigenvalue weighted by Crippen LogP contribution is 2.34. The van der Waals surface area contributed by atoms with E-state index in [9.17, 15) is 13.2 Å². The van der Waals surface area contributed by atoms with E-state index in [4.69, 9.17) is 11.1 Å². The van der Waals surface area contributed by atoms with Gasteiger partial charge in [-0.2, -0.15) is 13.2 Å². The number of hydrogen-bond donors (Lipinski definition) is 2. The Bertz CT molecular complexity index is 525. The molecule has 1 atom stereocenters. The topological polar surface area (TPSA) is 53.1 Å². The molecule has 3 N–H and O–H groups in total. The summed E-state index contributed by atoms with van der Waals surface area (Å²) < 4.78 is 38.4. The highest BCUT2D eigenvalue weighted by atomic mass is 19.4. The average molecular weight is 299 g/mol. The molecule has 1 saturated heterocycles. The number of benzene rings is 1. The number of amidine groups is 1. The van der Waals surface area contributed by atoms with E-state index in [2.05, 4.69) is 11.8 Å². The number of piperidine rings is 1. The molecule has 0 bridgehead atoms. The first-order valence-corrected chi connectivity index (χ1v) is 7.13. The fourth-order valence-electron chi connectivity index (χ4n) is 2.82. The Hall–Kier alpha value is -1.72. The van der Waals surface area contributed by atoms with Crippen LogP contribution in [0.5, 0.6) is 0 Å². The molecule has 116 valence electrons. The van der Waals surface area contributed by atoms with Crippen LogP contribution >= 0.6 is 0 Å². The molecule has 6 heteroatoms. The van der Waals surface area contributed by atoms with Gasteiger partial charge in [0.25, 0.3) is 0 Å². The molecule has 1 heterocycles. The van der Waals surface area contributed by atoms with E-state index < -0.39 is 11.7 Å². The van der Waals surface area contributed by atoms with Crippen LogP contribution in [0.25, 0.3) is 0 Å². The summed E-state index contributed by atoms with van der Waals surface area (Å²) in [5, 5.41) is 7.57. The van der Waals surface area contributed by atoms with E-state index in [1.54, 1.807) is 0 Å². The van der Waals surface area contributed by atoms with Crippen molar-refractivity contribution in [1.82, 2.24) is 0 Å². The Morgan fingerprint density at radius 2 is 2.14 bits per heavy atom. The van der Waals surface area contributed by atoms with Crippen LogP contribution in [-0.2, 0) is 6.18 Å². The molecule has 1 aliphatic rings. The smallest absolute Gasteiger partial charge is 0.384 e. The molecular formula is C15H20F3N3. The maximum atomic E-state index is 12.8. The van der Waals surface area contributed by atoms with Crippen LogP contribution in [0.3, 0.4) is 0 Å². The van der Waals surface area contributed by atoms with Crippen molar-refractivity contribution in [2.24, 2.45) is 11.7 Å². The van der Waals surface area contributed by atoms with Crippen molar-refractivity contribution in [3.05, 3.63) is 29.3 Å². The summed E-state index contributed by atoms with van der Waals surface area (Å²) in [6, 6.07) is 3.49. The van der Waals surface area contributed by atoms with Gasteiger partial charge in [-0.1, -0.05) is 13.3 Å². The molecule has 0 spiro atoms. The van der Waals surface area contributed by atoms with E-state index >= 15 is 0 Å². The highest BCUT2D eigenvalue weighted by Gasteiger charge is 2.32. The summed E-state index contributed by atoms with van der Waals surface area (Å²) in [4.78, 5) is 2.05. The third-order valence-electron chi connectivity index (χ3n) is 4.05. The van der Waals surface area contributed by atoms with Gasteiger partial charge in [0.15, 0.2) is 0 Å². The summed E-state index contributed by atoms with van der Waals surface area (Å²) in [6.07, 6.45) is -1.22. The van der Waals surface area contributed by atoms with E-state index in [-0.39, 0.29) is 11.4 Å². The Morgan fingerprint density at radius 1 is 1.43 bits per heavy atom. The monoisotopic (exact) mass is 299 g/mol. The Kier molecular flexibility index (Phi) is 4.44. The highest BCUT2D eigenvalue weighted by molar-refractivity contribution is 6.00. The minimum atomic E-state index is -4.42. The number of anilines is 1. The first-order valence-electron chi connectivity index (χ1n) is 7.13. The first-order chi connectivity index (χ1) is 9.82. The van der Waals surface area contributed by atoms with Crippen LogP contribution in [0, 0.1) is 11.3 Å². The van der Waals surface area contributed by atoms with Crippen molar-refractivity contribution in [3.8, 4) is 0 Å². The lowest BCUT2D eigenvalue weighted by molar-refractivity contribution is -0.137. The van der Waals surface area contributed by atoms with Crippen molar-refractivity contribution in [2.45, 2.75) is 32.4 Å². The first kappa shape index (κ1) is 15.7. The third-order valence-corrected chi connectivity index (χ3v) is 4.05. The number of alkyl halides is 3. The van der Waals surface area contributed by atoms with Gasteiger partial charge in [-0.3, -0.25) is 5.41 Å². The van der Waals surface area contributed by atoms with E-state index in [0.29, 0.717) is 11.6 Å². The van der Waals surface area contributed by atoms with Gasteiger partial charge in [0.2, 0.25) is 0 Å². The second-order valence-electron chi connectivity index (χ2n) is 5.51. The molecule has 3 nitrogen and oxygen atoms in total. The van der Waals surface area contributed by atoms with Crippen molar-refractivity contribution in [1.29, 1.82) is 5.41 Å². The molecule has 1 aliphatic heterocycles. The Morgan fingerprint density at radius 3 is 2.71 bits per heavy atom. The zero-order valence-corrected chi connectivity index (χ0v) is 12.0.